The molecule has 52 heavy (non-hydrogen) atoms. The van der Waals surface area contributed by atoms with E-state index in [1.807, 2.05) is 0 Å². The maximum absolute atomic E-state index is 10.8. The van der Waals surface area contributed by atoms with Crippen molar-refractivity contribution < 1.29 is 9.84 Å². The number of likely N-dealkylation sites (tertiary alicyclic amines) is 1. The van der Waals surface area contributed by atoms with Crippen LogP contribution in [0.1, 0.15) is 206 Å². The number of nitrogens with zero attached hydrogens (tertiary/aromatic N) is 2. The van der Waals surface area contributed by atoms with Gasteiger partial charge in [0.15, 0.2) is 0 Å². The minimum Gasteiger partial charge on any atom is -0.381 e. The van der Waals surface area contributed by atoms with E-state index in [2.05, 4.69) is 73.8 Å². The predicted octanol–water partition coefficient (Wildman–Crippen LogP) is 13.8. The van der Waals surface area contributed by atoms with Gasteiger partial charge in [0.05, 0.1) is 6.61 Å². The Hall–Kier alpha value is -0.330. The van der Waals surface area contributed by atoms with Crippen molar-refractivity contribution in [1.29, 1.82) is 0 Å². The number of hydrogen-bond acceptors (Lipinski definition) is 5. The van der Waals surface area contributed by atoms with Gasteiger partial charge in [-0.2, -0.15) is 11.8 Å². The van der Waals surface area contributed by atoms with E-state index in [9.17, 15) is 5.11 Å². The average Bonchev–Trinajstić information content (AvgIpc) is 3.12. The van der Waals surface area contributed by atoms with E-state index in [1.54, 1.807) is 0 Å². The lowest BCUT2D eigenvalue weighted by Gasteiger charge is -2.52. The number of allylic oxidation sites excluding steroid dienone is 4. The van der Waals surface area contributed by atoms with Crippen LogP contribution in [0.2, 0.25) is 0 Å². The highest BCUT2D eigenvalue weighted by molar-refractivity contribution is 7.99. The summed E-state index contributed by atoms with van der Waals surface area (Å²) in [4.78, 5) is 4.45. The predicted molar refractivity (Wildman–Crippen MR) is 235 cm³/mol. The van der Waals surface area contributed by atoms with E-state index >= 15 is 0 Å². The Labute approximate surface area is 331 Å². The van der Waals surface area contributed by atoms with Crippen molar-refractivity contribution in [3.63, 3.8) is 0 Å². The Morgan fingerprint density at radius 1 is 0.596 bits per heavy atom. The van der Waals surface area contributed by atoms with Gasteiger partial charge in [0.2, 0.25) is 0 Å². The van der Waals surface area contributed by atoms with Crippen molar-refractivity contribution in [2.24, 2.45) is 5.41 Å². The molecule has 0 unspecified atom stereocenters. The van der Waals surface area contributed by atoms with Crippen LogP contribution >= 0.6 is 11.8 Å². The molecule has 0 amide bonds. The van der Waals surface area contributed by atoms with E-state index in [0.717, 1.165) is 39.3 Å². The second-order valence-corrected chi connectivity index (χ2v) is 17.9. The third-order valence-corrected chi connectivity index (χ3v) is 12.4. The summed E-state index contributed by atoms with van der Waals surface area (Å²) in [6, 6.07) is 0. The lowest BCUT2D eigenvalue weighted by molar-refractivity contribution is -0.130. The first kappa shape index (κ1) is 49.7. The van der Waals surface area contributed by atoms with Gasteiger partial charge in [-0.3, -0.25) is 4.90 Å². The molecule has 308 valence electrons. The van der Waals surface area contributed by atoms with Crippen molar-refractivity contribution in [3.05, 3.63) is 24.3 Å². The standard InChI is InChI=1S/C47H92N2O2S/c1-5-7-9-11-13-15-17-19-21-23-25-27-29-31-33-35-37-41-52-45-47(42-49(43-47)46(50)38-39-48(3)4)44-51-40-36-34-32-30-28-26-24-22-20-18-16-14-12-10-8-6-2/h20-23,46,50H,5-19,24-45H2,1-4H3/b22-20-,23-21-/t46-/m1/s1. The molecule has 0 bridgehead atoms. The number of rotatable bonds is 41. The summed E-state index contributed by atoms with van der Waals surface area (Å²) in [5, 5.41) is 10.8. The third-order valence-electron chi connectivity index (χ3n) is 11.0. The molecule has 1 N–H and O–H groups in total. The SMILES string of the molecule is CCCCCCCC/C=C\CCCCCCCCOCC1(CSCCCCCCCC/C=C\CCCCCCCCC)CN([C@H](O)CCN(C)C)C1. The molecule has 5 heteroatoms. The van der Waals surface area contributed by atoms with Gasteiger partial charge in [-0.05, 0) is 90.5 Å². The lowest BCUT2D eigenvalue weighted by Crippen LogP contribution is -2.63. The summed E-state index contributed by atoms with van der Waals surface area (Å²) in [5.74, 6) is 2.43. The highest BCUT2D eigenvalue weighted by Crippen LogP contribution is 2.36. The van der Waals surface area contributed by atoms with Crippen LogP contribution in [0.3, 0.4) is 0 Å². The normalized spacial score (nSPS) is 15.4. The summed E-state index contributed by atoms with van der Waals surface area (Å²) in [6.07, 6.45) is 49.7. The van der Waals surface area contributed by atoms with Gasteiger partial charge in [-0.1, -0.05) is 160 Å². The Bertz CT molecular complexity index is 781. The zero-order valence-electron chi connectivity index (χ0n) is 35.7. The third kappa shape index (κ3) is 30.9. The summed E-state index contributed by atoms with van der Waals surface area (Å²) in [7, 11) is 4.18. The highest BCUT2D eigenvalue weighted by Gasteiger charge is 2.45. The quantitative estimate of drug-likeness (QED) is 0.0498. The van der Waals surface area contributed by atoms with Crippen LogP contribution < -0.4 is 0 Å². The first-order valence-corrected chi connectivity index (χ1v) is 24.2. The van der Waals surface area contributed by atoms with E-state index in [-0.39, 0.29) is 11.6 Å². The molecule has 1 fully saturated rings. The molecule has 0 spiro atoms. The van der Waals surface area contributed by atoms with Gasteiger partial charge in [-0.25, -0.2) is 0 Å². The molecule has 1 saturated heterocycles. The van der Waals surface area contributed by atoms with Crippen molar-refractivity contribution >= 4 is 11.8 Å². The number of aliphatic hydroxyl groups excluding tert-OH is 1. The van der Waals surface area contributed by atoms with E-state index in [4.69, 9.17) is 4.74 Å². The number of hydrogen-bond donors (Lipinski definition) is 1. The maximum Gasteiger partial charge on any atom is 0.108 e. The Morgan fingerprint density at radius 2 is 1.00 bits per heavy atom. The Balaban J connectivity index is 2.09. The van der Waals surface area contributed by atoms with E-state index in [0.29, 0.717) is 0 Å². The molecular formula is C47H92N2O2S. The monoisotopic (exact) mass is 749 g/mol. The molecule has 1 atom stereocenters. The molecule has 1 heterocycles. The van der Waals surface area contributed by atoms with Crippen molar-refractivity contribution in [2.45, 2.75) is 213 Å². The average molecular weight is 749 g/mol. The highest BCUT2D eigenvalue weighted by atomic mass is 32.2. The second kappa shape index (κ2) is 37.6. The van der Waals surface area contributed by atoms with Crippen LogP contribution in [0.4, 0.5) is 0 Å². The first-order valence-electron chi connectivity index (χ1n) is 23.1. The Morgan fingerprint density at radius 3 is 1.44 bits per heavy atom. The molecule has 4 nitrogen and oxygen atoms in total. The largest absolute Gasteiger partial charge is 0.381 e. The number of aliphatic hydroxyl groups is 1. The van der Waals surface area contributed by atoms with Crippen LogP contribution in [0.25, 0.3) is 0 Å². The zero-order valence-corrected chi connectivity index (χ0v) is 36.5. The van der Waals surface area contributed by atoms with E-state index < -0.39 is 0 Å². The Kier molecular flexibility index (Phi) is 35.9. The summed E-state index contributed by atoms with van der Waals surface area (Å²) in [6.45, 7) is 9.23. The summed E-state index contributed by atoms with van der Waals surface area (Å²) < 4.78 is 6.33. The van der Waals surface area contributed by atoms with Gasteiger partial charge in [0, 0.05) is 37.4 Å². The molecule has 0 aliphatic carbocycles. The molecule has 0 aromatic heterocycles. The number of unbranched alkanes of at least 4 members (excludes halogenated alkanes) is 25. The molecule has 0 saturated carbocycles. The minimum absolute atomic E-state index is 0.217. The van der Waals surface area contributed by atoms with Gasteiger partial charge in [0.1, 0.15) is 6.23 Å². The maximum atomic E-state index is 10.8. The van der Waals surface area contributed by atoms with Crippen molar-refractivity contribution in [2.75, 3.05) is 58.4 Å². The van der Waals surface area contributed by atoms with Crippen LogP contribution in [0.15, 0.2) is 24.3 Å². The van der Waals surface area contributed by atoms with E-state index in [1.165, 1.54) is 198 Å². The fourth-order valence-corrected chi connectivity index (χ4v) is 8.72. The molecule has 0 aromatic carbocycles. The smallest absolute Gasteiger partial charge is 0.108 e. The minimum atomic E-state index is -0.322. The van der Waals surface area contributed by atoms with Crippen LogP contribution in [-0.4, -0.2) is 79.6 Å². The number of ether oxygens (including phenoxy) is 1. The topological polar surface area (TPSA) is 35.9 Å². The first-order chi connectivity index (χ1) is 25.5. The van der Waals surface area contributed by atoms with Crippen molar-refractivity contribution in [3.8, 4) is 0 Å². The van der Waals surface area contributed by atoms with Crippen molar-refractivity contribution in [1.82, 2.24) is 9.80 Å². The van der Waals surface area contributed by atoms with Gasteiger partial charge >= 0.3 is 0 Å². The van der Waals surface area contributed by atoms with Gasteiger partial charge in [0.25, 0.3) is 0 Å². The molecule has 1 rings (SSSR count). The molecule has 0 radical (unpaired) electrons. The molecule has 1 aliphatic rings. The lowest BCUT2D eigenvalue weighted by atomic mass is 9.82. The molecule has 1 aliphatic heterocycles. The summed E-state index contributed by atoms with van der Waals surface area (Å²) in [5.41, 5.74) is 0.217. The number of thioether (sulfide) groups is 1. The second-order valence-electron chi connectivity index (χ2n) is 16.8. The van der Waals surface area contributed by atoms with Gasteiger partial charge < -0.3 is 14.7 Å². The van der Waals surface area contributed by atoms with Crippen LogP contribution in [-0.2, 0) is 4.74 Å². The summed E-state index contributed by atoms with van der Waals surface area (Å²) >= 11 is 2.14. The van der Waals surface area contributed by atoms with Crippen LogP contribution in [0, 0.1) is 5.41 Å². The fourth-order valence-electron chi connectivity index (χ4n) is 7.46. The van der Waals surface area contributed by atoms with Crippen LogP contribution in [0.5, 0.6) is 0 Å². The van der Waals surface area contributed by atoms with Gasteiger partial charge in [-0.15, -0.1) is 0 Å². The zero-order chi connectivity index (χ0) is 37.6. The molecular weight excluding hydrogens is 657 g/mol. The fraction of sp³-hybridized carbons (Fsp3) is 0.915. The molecule has 0 aromatic rings.